The lowest BCUT2D eigenvalue weighted by molar-refractivity contribution is 0.255. The van der Waals surface area contributed by atoms with Crippen molar-refractivity contribution in [2.75, 3.05) is 13.2 Å². The fourth-order valence-electron chi connectivity index (χ4n) is 1.33. The van der Waals surface area contributed by atoms with Gasteiger partial charge < -0.3 is 10.5 Å². The van der Waals surface area contributed by atoms with E-state index in [1.54, 1.807) is 0 Å². The fraction of sp³-hybridized carbons (Fsp3) is 0.538. The molecule has 0 bridgehead atoms. The number of rotatable bonds is 6. The van der Waals surface area contributed by atoms with Gasteiger partial charge >= 0.3 is 0 Å². The molecule has 0 heterocycles. The van der Waals surface area contributed by atoms with Crippen LogP contribution in [0.1, 0.15) is 25.8 Å². The van der Waals surface area contributed by atoms with Crippen molar-refractivity contribution in [3.8, 4) is 5.75 Å². The topological polar surface area (TPSA) is 35.2 Å². The lowest BCUT2D eigenvalue weighted by atomic mass is 10.1. The number of benzene rings is 1. The molecule has 0 aromatic heterocycles. The van der Waals surface area contributed by atoms with E-state index in [-0.39, 0.29) is 0 Å². The van der Waals surface area contributed by atoms with Gasteiger partial charge in [0.25, 0.3) is 0 Å². The Hall–Kier alpha value is -0.540. The molecule has 0 fully saturated rings. The molecule has 0 spiro atoms. The fourth-order valence-corrected chi connectivity index (χ4v) is 1.87. The van der Waals surface area contributed by atoms with Gasteiger partial charge in [0.2, 0.25) is 0 Å². The molecule has 1 aromatic carbocycles. The first-order valence-corrected chi connectivity index (χ1v) is 6.58. The summed E-state index contributed by atoms with van der Waals surface area (Å²) >= 11 is 3.52. The predicted molar refractivity (Wildman–Crippen MR) is 71.9 cm³/mol. The van der Waals surface area contributed by atoms with Gasteiger partial charge in [-0.25, -0.2) is 0 Å². The average molecular weight is 286 g/mol. The summed E-state index contributed by atoms with van der Waals surface area (Å²) in [6.45, 7) is 5.81. The van der Waals surface area contributed by atoms with Crippen LogP contribution in [0.3, 0.4) is 0 Å². The van der Waals surface area contributed by atoms with Crippen LogP contribution in [0.15, 0.2) is 22.7 Å². The highest BCUT2D eigenvalue weighted by Crippen LogP contribution is 2.26. The molecule has 16 heavy (non-hydrogen) atoms. The summed E-state index contributed by atoms with van der Waals surface area (Å²) in [6, 6.07) is 6.17. The smallest absolute Gasteiger partial charge is 0.133 e. The Bertz CT molecular complexity index is 328. The summed E-state index contributed by atoms with van der Waals surface area (Å²) in [6.07, 6.45) is 2.05. The second-order valence-electron chi connectivity index (χ2n) is 4.13. The summed E-state index contributed by atoms with van der Waals surface area (Å²) in [5.74, 6) is 1.51. The van der Waals surface area contributed by atoms with Crippen molar-refractivity contribution in [1.29, 1.82) is 0 Å². The minimum absolute atomic E-state index is 0.593. The average Bonchev–Trinajstić information content (AvgIpc) is 2.28. The lowest BCUT2D eigenvalue weighted by Gasteiger charge is -2.13. The first-order chi connectivity index (χ1) is 7.67. The molecule has 1 rings (SSSR count). The standard InChI is InChI=1S/C13H20BrNO/c1-3-10(2)9-16-13-5-4-11(6-7-15)8-12(13)14/h4-5,8,10H,3,6-7,9,15H2,1-2H3. The number of nitrogens with two attached hydrogens (primary N) is 1. The van der Waals surface area contributed by atoms with Crippen LogP contribution >= 0.6 is 15.9 Å². The van der Waals surface area contributed by atoms with Gasteiger partial charge in [-0.2, -0.15) is 0 Å². The van der Waals surface area contributed by atoms with Crippen LogP contribution in [0.4, 0.5) is 0 Å². The normalized spacial score (nSPS) is 12.5. The quantitative estimate of drug-likeness (QED) is 0.870. The second-order valence-corrected chi connectivity index (χ2v) is 4.98. The van der Waals surface area contributed by atoms with Crippen molar-refractivity contribution in [1.82, 2.24) is 0 Å². The molecule has 0 amide bonds. The third kappa shape index (κ3) is 4.14. The zero-order valence-corrected chi connectivity index (χ0v) is 11.6. The first kappa shape index (κ1) is 13.5. The molecule has 0 aliphatic rings. The lowest BCUT2D eigenvalue weighted by Crippen LogP contribution is -2.08. The molecule has 90 valence electrons. The van der Waals surface area contributed by atoms with Crippen molar-refractivity contribution in [2.24, 2.45) is 11.7 Å². The van der Waals surface area contributed by atoms with Gasteiger partial charge in [0, 0.05) is 0 Å². The largest absolute Gasteiger partial charge is 0.492 e. The van der Waals surface area contributed by atoms with Crippen molar-refractivity contribution in [3.05, 3.63) is 28.2 Å². The third-order valence-electron chi connectivity index (χ3n) is 2.65. The maximum absolute atomic E-state index is 5.74. The van der Waals surface area contributed by atoms with Crippen LogP contribution < -0.4 is 10.5 Å². The highest BCUT2D eigenvalue weighted by molar-refractivity contribution is 9.10. The number of hydrogen-bond acceptors (Lipinski definition) is 2. The summed E-state index contributed by atoms with van der Waals surface area (Å²) in [4.78, 5) is 0. The van der Waals surface area contributed by atoms with Crippen LogP contribution in [0.25, 0.3) is 0 Å². The van der Waals surface area contributed by atoms with Crippen LogP contribution in [-0.4, -0.2) is 13.2 Å². The van der Waals surface area contributed by atoms with Crippen LogP contribution in [0.5, 0.6) is 5.75 Å². The summed E-state index contributed by atoms with van der Waals surface area (Å²) in [5.41, 5.74) is 6.76. The van der Waals surface area contributed by atoms with E-state index < -0.39 is 0 Å². The van der Waals surface area contributed by atoms with E-state index >= 15 is 0 Å². The van der Waals surface area contributed by atoms with Crippen LogP contribution in [0.2, 0.25) is 0 Å². The Labute approximate surface area is 106 Å². The molecule has 0 saturated carbocycles. The van der Waals surface area contributed by atoms with E-state index in [0.717, 1.165) is 29.7 Å². The molecule has 1 unspecified atom stereocenters. The van der Waals surface area contributed by atoms with Gasteiger partial charge in [0.15, 0.2) is 0 Å². The van der Waals surface area contributed by atoms with Crippen LogP contribution in [0, 0.1) is 5.92 Å². The predicted octanol–water partition coefficient (Wildman–Crippen LogP) is 3.38. The van der Waals surface area contributed by atoms with Gasteiger partial charge in [-0.1, -0.05) is 26.3 Å². The molecule has 0 radical (unpaired) electrons. The van der Waals surface area contributed by atoms with Crippen molar-refractivity contribution < 1.29 is 4.74 Å². The van der Waals surface area contributed by atoms with Crippen LogP contribution in [-0.2, 0) is 6.42 Å². The zero-order chi connectivity index (χ0) is 12.0. The third-order valence-corrected chi connectivity index (χ3v) is 3.27. The minimum Gasteiger partial charge on any atom is -0.492 e. The Morgan fingerprint density at radius 1 is 1.44 bits per heavy atom. The van der Waals surface area contributed by atoms with E-state index in [9.17, 15) is 0 Å². The first-order valence-electron chi connectivity index (χ1n) is 5.78. The van der Waals surface area contributed by atoms with E-state index in [4.69, 9.17) is 10.5 Å². The summed E-state index contributed by atoms with van der Waals surface area (Å²) in [7, 11) is 0. The molecule has 1 aromatic rings. The van der Waals surface area contributed by atoms with Crippen molar-refractivity contribution >= 4 is 15.9 Å². The Morgan fingerprint density at radius 2 is 2.19 bits per heavy atom. The molecular formula is C13H20BrNO. The minimum atomic E-state index is 0.593. The molecule has 2 nitrogen and oxygen atoms in total. The molecule has 3 heteroatoms. The molecule has 0 aliphatic carbocycles. The zero-order valence-electron chi connectivity index (χ0n) is 10.0. The Kier molecular flexibility index (Phi) is 5.85. The van der Waals surface area contributed by atoms with Crippen molar-refractivity contribution in [3.63, 3.8) is 0 Å². The molecular weight excluding hydrogens is 266 g/mol. The second kappa shape index (κ2) is 6.92. The highest BCUT2D eigenvalue weighted by atomic mass is 79.9. The van der Waals surface area contributed by atoms with Crippen molar-refractivity contribution in [2.45, 2.75) is 26.7 Å². The van der Waals surface area contributed by atoms with Gasteiger partial charge in [-0.15, -0.1) is 0 Å². The van der Waals surface area contributed by atoms with Gasteiger partial charge in [-0.3, -0.25) is 0 Å². The monoisotopic (exact) mass is 285 g/mol. The molecule has 0 saturated heterocycles. The molecule has 2 N–H and O–H groups in total. The highest BCUT2D eigenvalue weighted by Gasteiger charge is 2.05. The van der Waals surface area contributed by atoms with Gasteiger partial charge in [0.05, 0.1) is 11.1 Å². The summed E-state index contributed by atoms with van der Waals surface area (Å²) in [5, 5.41) is 0. The number of halogens is 1. The van der Waals surface area contributed by atoms with E-state index in [2.05, 4.69) is 41.9 Å². The molecule has 0 aliphatic heterocycles. The van der Waals surface area contributed by atoms with Gasteiger partial charge in [0.1, 0.15) is 5.75 Å². The maximum atomic E-state index is 5.74. The van der Waals surface area contributed by atoms with E-state index in [1.807, 2.05) is 6.07 Å². The van der Waals surface area contributed by atoms with E-state index in [1.165, 1.54) is 5.56 Å². The summed E-state index contributed by atoms with van der Waals surface area (Å²) < 4.78 is 6.76. The Balaban J connectivity index is 2.60. The number of ether oxygens (including phenoxy) is 1. The number of hydrogen-bond donors (Lipinski definition) is 1. The van der Waals surface area contributed by atoms with Gasteiger partial charge in [-0.05, 0) is 52.5 Å². The maximum Gasteiger partial charge on any atom is 0.133 e. The Morgan fingerprint density at radius 3 is 2.75 bits per heavy atom. The van der Waals surface area contributed by atoms with E-state index in [0.29, 0.717) is 12.5 Å². The SMILES string of the molecule is CCC(C)COc1ccc(CCN)cc1Br. The molecule has 1 atom stereocenters.